The Morgan fingerprint density at radius 2 is 1.26 bits per heavy atom. The van der Waals surface area contributed by atoms with Crippen molar-refractivity contribution in [2.24, 2.45) is 5.92 Å². The van der Waals surface area contributed by atoms with Crippen molar-refractivity contribution in [1.29, 1.82) is 0 Å². The van der Waals surface area contributed by atoms with Gasteiger partial charge >= 0.3 is 0 Å². The summed E-state index contributed by atoms with van der Waals surface area (Å²) in [5.74, 6) is 0.635. The lowest BCUT2D eigenvalue weighted by atomic mass is 9.88. The normalized spacial score (nSPS) is 11.4. The van der Waals surface area contributed by atoms with E-state index in [0.717, 1.165) is 6.42 Å². The predicted molar refractivity (Wildman–Crippen MR) is 136 cm³/mol. The molecule has 154 valence electrons. The summed E-state index contributed by atoms with van der Waals surface area (Å²) in [6.45, 7) is 6.66. The highest BCUT2D eigenvalue weighted by molar-refractivity contribution is 5.88. The van der Waals surface area contributed by atoms with Gasteiger partial charge in [-0.3, -0.25) is 0 Å². The molecule has 0 atom stereocenters. The van der Waals surface area contributed by atoms with Gasteiger partial charge in [-0.1, -0.05) is 111 Å². The lowest BCUT2D eigenvalue weighted by Gasteiger charge is -2.16. The predicted octanol–water partition coefficient (Wildman–Crippen LogP) is 8.92. The van der Waals surface area contributed by atoms with Crippen molar-refractivity contribution >= 4 is 6.08 Å². The number of allylic oxidation sites excluding steroid dienone is 1. The van der Waals surface area contributed by atoms with Gasteiger partial charge in [-0.25, -0.2) is 0 Å². The molecular weight excluding hydrogens is 372 g/mol. The van der Waals surface area contributed by atoms with E-state index in [-0.39, 0.29) is 0 Å². The van der Waals surface area contributed by atoms with E-state index in [4.69, 9.17) is 0 Å². The molecule has 0 saturated heterocycles. The molecule has 4 aromatic carbocycles. The Morgan fingerprint density at radius 1 is 0.613 bits per heavy atom. The van der Waals surface area contributed by atoms with E-state index in [1.54, 1.807) is 0 Å². The van der Waals surface area contributed by atoms with Crippen LogP contribution in [-0.4, -0.2) is 0 Å². The lowest BCUT2D eigenvalue weighted by Crippen LogP contribution is -1.97. The molecule has 0 aliphatic carbocycles. The van der Waals surface area contributed by atoms with Crippen LogP contribution >= 0.6 is 0 Å². The first-order chi connectivity index (χ1) is 15.2. The van der Waals surface area contributed by atoms with Crippen molar-refractivity contribution in [3.63, 3.8) is 0 Å². The highest BCUT2D eigenvalue weighted by Crippen LogP contribution is 2.37. The van der Waals surface area contributed by atoms with Crippen LogP contribution in [-0.2, 0) is 6.42 Å². The first kappa shape index (κ1) is 20.9. The third kappa shape index (κ3) is 4.86. The molecule has 31 heavy (non-hydrogen) atoms. The quantitative estimate of drug-likeness (QED) is 0.302. The summed E-state index contributed by atoms with van der Waals surface area (Å²) in [5, 5.41) is 0. The van der Waals surface area contributed by atoms with Crippen molar-refractivity contribution in [2.75, 3.05) is 0 Å². The molecule has 0 unspecified atom stereocenters. The minimum absolute atomic E-state index is 0.635. The van der Waals surface area contributed by atoms with Crippen molar-refractivity contribution in [3.8, 4) is 33.4 Å². The Balaban J connectivity index is 1.90. The zero-order chi connectivity index (χ0) is 21.6. The topological polar surface area (TPSA) is 0 Å². The smallest absolute Gasteiger partial charge is 0.00990 e. The van der Waals surface area contributed by atoms with Crippen molar-refractivity contribution in [1.82, 2.24) is 0 Å². The molecule has 0 heteroatoms. The van der Waals surface area contributed by atoms with Crippen LogP contribution in [0.15, 0.2) is 103 Å². The first-order valence-electron chi connectivity index (χ1n) is 11.2. The van der Waals surface area contributed by atoms with E-state index in [1.165, 1.54) is 44.5 Å². The largest absolute Gasteiger partial charge is 0.0871 e. The summed E-state index contributed by atoms with van der Waals surface area (Å²) in [6.07, 6.45) is 5.47. The van der Waals surface area contributed by atoms with Gasteiger partial charge in [0.25, 0.3) is 0 Å². The molecule has 4 rings (SSSR count). The number of hydrogen-bond donors (Lipinski definition) is 0. The average molecular weight is 403 g/mol. The van der Waals surface area contributed by atoms with Gasteiger partial charge in [0.05, 0.1) is 0 Å². The van der Waals surface area contributed by atoms with Crippen LogP contribution in [0.1, 0.15) is 31.9 Å². The van der Waals surface area contributed by atoms with Crippen LogP contribution in [0.4, 0.5) is 0 Å². The molecule has 0 spiro atoms. The average Bonchev–Trinajstić information content (AvgIpc) is 2.81. The Morgan fingerprint density at radius 3 is 1.90 bits per heavy atom. The summed E-state index contributed by atoms with van der Waals surface area (Å²) in [5.41, 5.74) is 10.3. The molecule has 0 bridgehead atoms. The van der Waals surface area contributed by atoms with Crippen LogP contribution in [0.5, 0.6) is 0 Å². The molecule has 0 saturated carbocycles. The van der Waals surface area contributed by atoms with Gasteiger partial charge in [0, 0.05) is 0 Å². The van der Waals surface area contributed by atoms with E-state index < -0.39 is 0 Å². The number of hydrogen-bond acceptors (Lipinski definition) is 0. The Kier molecular flexibility index (Phi) is 6.48. The summed E-state index contributed by atoms with van der Waals surface area (Å²) in [4.78, 5) is 0. The SMILES string of the molecule is CC=Cc1cc(-c2cc(-c3ccccc3)ccc2-c2ccccc2)ccc1CC(C)C. The Bertz CT molecular complexity index is 1170. The van der Waals surface area contributed by atoms with Crippen LogP contribution in [0.25, 0.3) is 39.5 Å². The Labute approximate surface area is 186 Å². The van der Waals surface area contributed by atoms with Crippen LogP contribution in [0, 0.1) is 5.92 Å². The first-order valence-corrected chi connectivity index (χ1v) is 11.2. The second-order valence-electron chi connectivity index (χ2n) is 8.50. The molecule has 0 amide bonds. The van der Waals surface area contributed by atoms with Crippen LogP contribution in [0.3, 0.4) is 0 Å². The fraction of sp³-hybridized carbons (Fsp3) is 0.161. The molecule has 0 N–H and O–H groups in total. The van der Waals surface area contributed by atoms with E-state index in [2.05, 4.69) is 130 Å². The minimum atomic E-state index is 0.635. The molecule has 0 radical (unpaired) electrons. The molecule has 0 aliphatic rings. The zero-order valence-corrected chi connectivity index (χ0v) is 18.7. The number of benzene rings is 4. The van der Waals surface area contributed by atoms with Gasteiger partial charge in [0.15, 0.2) is 0 Å². The number of rotatable bonds is 6. The van der Waals surface area contributed by atoms with Crippen LogP contribution in [0.2, 0.25) is 0 Å². The maximum absolute atomic E-state index is 2.36. The van der Waals surface area contributed by atoms with Gasteiger partial charge in [-0.15, -0.1) is 0 Å². The molecule has 0 aromatic heterocycles. The molecular formula is C31H30. The van der Waals surface area contributed by atoms with Gasteiger partial charge in [0.1, 0.15) is 0 Å². The summed E-state index contributed by atoms with van der Waals surface area (Å²) in [7, 11) is 0. The fourth-order valence-corrected chi connectivity index (χ4v) is 4.19. The second-order valence-corrected chi connectivity index (χ2v) is 8.50. The molecule has 0 heterocycles. The summed E-state index contributed by atoms with van der Waals surface area (Å²) in [6, 6.07) is 35.1. The third-order valence-corrected chi connectivity index (χ3v) is 5.64. The monoisotopic (exact) mass is 402 g/mol. The highest BCUT2D eigenvalue weighted by Gasteiger charge is 2.12. The van der Waals surface area contributed by atoms with Gasteiger partial charge in [-0.2, -0.15) is 0 Å². The van der Waals surface area contributed by atoms with E-state index in [0.29, 0.717) is 5.92 Å². The summed E-state index contributed by atoms with van der Waals surface area (Å²) >= 11 is 0. The van der Waals surface area contributed by atoms with Gasteiger partial charge in [0.2, 0.25) is 0 Å². The van der Waals surface area contributed by atoms with Crippen molar-refractivity contribution in [3.05, 3.63) is 114 Å². The standard InChI is InChI=1S/C31H30/c1-4-11-26-21-29(17-16-27(26)20-23(2)3)31-22-28(24-12-7-5-8-13-24)18-19-30(31)25-14-9-6-10-15-25/h4-19,21-23H,20H2,1-3H3. The third-order valence-electron chi connectivity index (χ3n) is 5.64. The second kappa shape index (κ2) is 9.62. The summed E-state index contributed by atoms with van der Waals surface area (Å²) < 4.78 is 0. The van der Waals surface area contributed by atoms with Crippen molar-refractivity contribution < 1.29 is 0 Å². The maximum Gasteiger partial charge on any atom is -0.00990 e. The molecule has 4 aromatic rings. The fourth-order valence-electron chi connectivity index (χ4n) is 4.19. The van der Waals surface area contributed by atoms with Crippen LogP contribution < -0.4 is 0 Å². The molecule has 0 nitrogen and oxygen atoms in total. The van der Waals surface area contributed by atoms with E-state index >= 15 is 0 Å². The maximum atomic E-state index is 2.36. The molecule has 0 aliphatic heterocycles. The van der Waals surface area contributed by atoms with E-state index in [9.17, 15) is 0 Å². The van der Waals surface area contributed by atoms with E-state index in [1.807, 2.05) is 0 Å². The Hall–Kier alpha value is -3.38. The molecule has 0 fully saturated rings. The van der Waals surface area contributed by atoms with Gasteiger partial charge < -0.3 is 0 Å². The zero-order valence-electron chi connectivity index (χ0n) is 18.7. The van der Waals surface area contributed by atoms with Crippen molar-refractivity contribution in [2.45, 2.75) is 27.2 Å². The van der Waals surface area contributed by atoms with Gasteiger partial charge in [-0.05, 0) is 75.9 Å². The highest BCUT2D eigenvalue weighted by atomic mass is 14.2. The lowest BCUT2D eigenvalue weighted by molar-refractivity contribution is 0.646. The minimum Gasteiger partial charge on any atom is -0.0871 e.